The van der Waals surface area contributed by atoms with Gasteiger partial charge in [-0.15, -0.1) is 0 Å². The molecule has 19 heavy (non-hydrogen) atoms. The van der Waals surface area contributed by atoms with E-state index in [1.165, 1.54) is 19.3 Å². The molecule has 1 saturated carbocycles. The molecule has 0 spiro atoms. The lowest BCUT2D eigenvalue weighted by Crippen LogP contribution is -2.29. The van der Waals surface area contributed by atoms with Gasteiger partial charge in [0.15, 0.2) is 0 Å². The minimum Gasteiger partial charge on any atom is -0.467 e. The number of aromatic nitrogens is 3. The van der Waals surface area contributed by atoms with Crippen molar-refractivity contribution < 1.29 is 4.74 Å². The zero-order valence-electron chi connectivity index (χ0n) is 11.6. The maximum absolute atomic E-state index is 5.08. The van der Waals surface area contributed by atoms with Crippen LogP contribution in [0.15, 0.2) is 0 Å². The van der Waals surface area contributed by atoms with Crippen LogP contribution in [0.5, 0.6) is 6.01 Å². The first-order chi connectivity index (χ1) is 9.25. The largest absolute Gasteiger partial charge is 0.467 e. The van der Waals surface area contributed by atoms with Gasteiger partial charge in [0.1, 0.15) is 0 Å². The Labute approximate surface area is 118 Å². The number of nitrogens with one attached hydrogen (secondary N) is 2. The smallest absolute Gasteiger partial charge is 0.322 e. The summed E-state index contributed by atoms with van der Waals surface area (Å²) >= 11 is 1.95. The standard InChI is InChI=1S/C12H21N5OS/c1-13-10-15-11(17-12(16-10)18-2)14-8-5-4-6-9(7-8)19-3/h8-9H,4-7H2,1-3H3,(H2,13,14,15,16,17). The molecule has 7 heteroatoms. The molecule has 0 amide bonds. The molecule has 1 aliphatic rings. The highest BCUT2D eigenvalue weighted by Gasteiger charge is 2.22. The molecule has 1 heterocycles. The maximum atomic E-state index is 5.08. The Bertz CT molecular complexity index is 395. The van der Waals surface area contributed by atoms with E-state index in [0.29, 0.717) is 23.9 Å². The summed E-state index contributed by atoms with van der Waals surface area (Å²) < 4.78 is 5.08. The Hall–Kier alpha value is -1.24. The van der Waals surface area contributed by atoms with Gasteiger partial charge < -0.3 is 15.4 Å². The number of hydrogen-bond acceptors (Lipinski definition) is 7. The lowest BCUT2D eigenvalue weighted by Gasteiger charge is -2.28. The molecule has 0 saturated heterocycles. The summed E-state index contributed by atoms with van der Waals surface area (Å²) in [6.45, 7) is 0. The summed E-state index contributed by atoms with van der Waals surface area (Å²) in [4.78, 5) is 12.7. The minimum absolute atomic E-state index is 0.332. The van der Waals surface area contributed by atoms with Gasteiger partial charge in [0, 0.05) is 18.3 Å². The lowest BCUT2D eigenvalue weighted by molar-refractivity contribution is 0.379. The number of ether oxygens (including phenoxy) is 1. The second-order valence-corrected chi connectivity index (χ2v) is 5.72. The van der Waals surface area contributed by atoms with Crippen LogP contribution in [0, 0.1) is 0 Å². The summed E-state index contributed by atoms with van der Waals surface area (Å²) in [5.41, 5.74) is 0. The van der Waals surface area contributed by atoms with Crippen molar-refractivity contribution in [3.63, 3.8) is 0 Å². The van der Waals surface area contributed by atoms with Crippen LogP contribution >= 0.6 is 11.8 Å². The Morgan fingerprint density at radius 1 is 1.21 bits per heavy atom. The summed E-state index contributed by atoms with van der Waals surface area (Å²) in [5, 5.41) is 7.05. The molecule has 6 nitrogen and oxygen atoms in total. The Morgan fingerprint density at radius 3 is 2.68 bits per heavy atom. The number of rotatable bonds is 5. The maximum Gasteiger partial charge on any atom is 0.322 e. The van der Waals surface area contributed by atoms with Crippen molar-refractivity contribution in [1.82, 2.24) is 15.0 Å². The monoisotopic (exact) mass is 283 g/mol. The van der Waals surface area contributed by atoms with E-state index < -0.39 is 0 Å². The number of hydrogen-bond donors (Lipinski definition) is 2. The van der Waals surface area contributed by atoms with Gasteiger partial charge in [-0.1, -0.05) is 6.42 Å². The van der Waals surface area contributed by atoms with Crippen LogP contribution in [0.4, 0.5) is 11.9 Å². The van der Waals surface area contributed by atoms with E-state index in [1.54, 1.807) is 14.2 Å². The van der Waals surface area contributed by atoms with Gasteiger partial charge in [-0.3, -0.25) is 0 Å². The Kier molecular flexibility index (Phi) is 5.07. The Balaban J connectivity index is 2.05. The molecule has 0 aliphatic heterocycles. The molecule has 2 unspecified atom stereocenters. The van der Waals surface area contributed by atoms with Gasteiger partial charge in [-0.05, 0) is 25.5 Å². The summed E-state index contributed by atoms with van der Waals surface area (Å²) in [7, 11) is 3.34. The first-order valence-electron chi connectivity index (χ1n) is 6.52. The van der Waals surface area contributed by atoms with E-state index in [1.807, 2.05) is 11.8 Å². The van der Waals surface area contributed by atoms with Crippen molar-refractivity contribution in [2.45, 2.75) is 37.0 Å². The third-order valence-electron chi connectivity index (χ3n) is 3.31. The minimum atomic E-state index is 0.332. The van der Waals surface area contributed by atoms with E-state index in [4.69, 9.17) is 4.74 Å². The molecule has 1 aromatic heterocycles. The number of nitrogens with zero attached hydrogens (tertiary/aromatic N) is 3. The van der Waals surface area contributed by atoms with E-state index in [0.717, 1.165) is 11.7 Å². The number of thioether (sulfide) groups is 1. The molecule has 1 aromatic rings. The average Bonchev–Trinajstić information content (AvgIpc) is 2.47. The van der Waals surface area contributed by atoms with Crippen molar-refractivity contribution in [3.05, 3.63) is 0 Å². The molecular formula is C12H21N5OS. The Morgan fingerprint density at radius 2 is 2.00 bits per heavy atom. The van der Waals surface area contributed by atoms with Gasteiger partial charge in [0.05, 0.1) is 7.11 Å². The SMILES string of the molecule is CNc1nc(NC2CCCC(SC)C2)nc(OC)n1. The number of anilines is 2. The van der Waals surface area contributed by atoms with E-state index in [-0.39, 0.29) is 0 Å². The predicted octanol–water partition coefficient (Wildman–Crippen LogP) is 2.01. The molecule has 0 bridgehead atoms. The third kappa shape index (κ3) is 3.86. The van der Waals surface area contributed by atoms with Crippen LogP contribution in [0.1, 0.15) is 25.7 Å². The quantitative estimate of drug-likeness (QED) is 0.856. The fourth-order valence-corrected chi connectivity index (χ4v) is 3.12. The van der Waals surface area contributed by atoms with Crippen LogP contribution < -0.4 is 15.4 Å². The molecule has 2 atom stereocenters. The molecule has 106 valence electrons. The van der Waals surface area contributed by atoms with Crippen LogP contribution in [-0.4, -0.2) is 46.7 Å². The van der Waals surface area contributed by atoms with Gasteiger partial charge >= 0.3 is 6.01 Å². The fraction of sp³-hybridized carbons (Fsp3) is 0.750. The topological polar surface area (TPSA) is 72.0 Å². The van der Waals surface area contributed by atoms with E-state index >= 15 is 0 Å². The summed E-state index contributed by atoms with van der Waals surface area (Å²) in [6, 6.07) is 0.766. The second-order valence-electron chi connectivity index (χ2n) is 4.58. The predicted molar refractivity (Wildman–Crippen MR) is 79.1 cm³/mol. The van der Waals surface area contributed by atoms with Crippen molar-refractivity contribution >= 4 is 23.7 Å². The van der Waals surface area contributed by atoms with Gasteiger partial charge in [-0.2, -0.15) is 26.7 Å². The highest BCUT2D eigenvalue weighted by atomic mass is 32.2. The fourth-order valence-electron chi connectivity index (χ4n) is 2.30. The first-order valence-corrected chi connectivity index (χ1v) is 7.81. The van der Waals surface area contributed by atoms with E-state index in [9.17, 15) is 0 Å². The highest BCUT2D eigenvalue weighted by molar-refractivity contribution is 7.99. The molecule has 1 fully saturated rings. The van der Waals surface area contributed by atoms with Crippen molar-refractivity contribution in [1.29, 1.82) is 0 Å². The molecule has 0 aromatic carbocycles. The van der Waals surface area contributed by atoms with E-state index in [2.05, 4.69) is 31.8 Å². The lowest BCUT2D eigenvalue weighted by atomic mass is 9.95. The van der Waals surface area contributed by atoms with Crippen molar-refractivity contribution in [2.75, 3.05) is 31.0 Å². The zero-order chi connectivity index (χ0) is 13.7. The molecule has 0 radical (unpaired) electrons. The van der Waals surface area contributed by atoms with Crippen LogP contribution in [0.25, 0.3) is 0 Å². The van der Waals surface area contributed by atoms with Crippen LogP contribution in [0.3, 0.4) is 0 Å². The summed E-state index contributed by atoms with van der Waals surface area (Å²) in [5.74, 6) is 1.11. The number of methoxy groups -OCH3 is 1. The second kappa shape index (κ2) is 6.79. The van der Waals surface area contributed by atoms with Crippen LogP contribution in [-0.2, 0) is 0 Å². The zero-order valence-corrected chi connectivity index (χ0v) is 12.5. The molecule has 2 rings (SSSR count). The summed E-state index contributed by atoms with van der Waals surface area (Å²) in [6.07, 6.45) is 7.06. The average molecular weight is 283 g/mol. The van der Waals surface area contributed by atoms with Gasteiger partial charge in [-0.25, -0.2) is 0 Å². The highest BCUT2D eigenvalue weighted by Crippen LogP contribution is 2.28. The van der Waals surface area contributed by atoms with Gasteiger partial charge in [0.25, 0.3) is 0 Å². The van der Waals surface area contributed by atoms with Crippen molar-refractivity contribution in [3.8, 4) is 6.01 Å². The first kappa shape index (κ1) is 14.2. The molecule has 2 N–H and O–H groups in total. The third-order valence-corrected chi connectivity index (χ3v) is 4.41. The van der Waals surface area contributed by atoms with Crippen LogP contribution in [0.2, 0.25) is 0 Å². The molecular weight excluding hydrogens is 262 g/mol. The molecule has 1 aliphatic carbocycles. The van der Waals surface area contributed by atoms with Crippen molar-refractivity contribution in [2.24, 2.45) is 0 Å². The normalized spacial score (nSPS) is 22.9. The van der Waals surface area contributed by atoms with Gasteiger partial charge in [0.2, 0.25) is 11.9 Å².